The van der Waals surface area contributed by atoms with Crippen molar-refractivity contribution < 1.29 is 12.9 Å². The fourth-order valence-electron chi connectivity index (χ4n) is 1.20. The van der Waals surface area contributed by atoms with Crippen molar-refractivity contribution in [2.75, 3.05) is 5.73 Å². The Kier molecular flexibility index (Phi) is 3.64. The smallest absolute Gasteiger partial charge is 0.241 e. The van der Waals surface area contributed by atoms with E-state index in [2.05, 4.69) is 35.3 Å². The average Bonchev–Trinajstić information content (AvgIpc) is 2.83. The fourth-order valence-corrected chi connectivity index (χ4v) is 2.46. The van der Waals surface area contributed by atoms with Crippen LogP contribution in [0.1, 0.15) is 5.82 Å². The lowest BCUT2D eigenvalue weighted by Gasteiger charge is -2.06. The van der Waals surface area contributed by atoms with Gasteiger partial charge in [0.05, 0.1) is 11.4 Å². The summed E-state index contributed by atoms with van der Waals surface area (Å²) >= 11 is 3.19. The molecule has 96 valence electrons. The topological polar surface area (TPSA) is 111 Å². The van der Waals surface area contributed by atoms with E-state index >= 15 is 0 Å². The van der Waals surface area contributed by atoms with Gasteiger partial charge in [-0.1, -0.05) is 5.16 Å². The van der Waals surface area contributed by atoms with Gasteiger partial charge in [0, 0.05) is 10.2 Å². The zero-order chi connectivity index (χ0) is 13.2. The van der Waals surface area contributed by atoms with Crippen LogP contribution in [0.4, 0.5) is 5.69 Å². The number of nitrogen functional groups attached to an aromatic ring is 1. The van der Waals surface area contributed by atoms with Gasteiger partial charge < -0.3 is 10.3 Å². The van der Waals surface area contributed by atoms with Gasteiger partial charge in [0.1, 0.15) is 0 Å². The highest BCUT2D eigenvalue weighted by Gasteiger charge is 2.15. The van der Waals surface area contributed by atoms with Gasteiger partial charge in [-0.05, 0) is 34.1 Å². The molecule has 9 heteroatoms. The quantitative estimate of drug-likeness (QED) is 0.804. The van der Waals surface area contributed by atoms with Crippen LogP contribution in [0.5, 0.6) is 0 Å². The molecule has 0 bridgehead atoms. The molecule has 0 atom stereocenters. The second kappa shape index (κ2) is 5.04. The van der Waals surface area contributed by atoms with Crippen LogP contribution in [0.2, 0.25) is 0 Å². The average molecular weight is 333 g/mol. The lowest BCUT2D eigenvalue weighted by molar-refractivity contribution is 0.409. The SMILES string of the molecule is Nc1cc(S(=O)(=O)NCc2ncon2)ccc1Br. The van der Waals surface area contributed by atoms with Crippen LogP contribution in [0.15, 0.2) is 38.5 Å². The van der Waals surface area contributed by atoms with Crippen molar-refractivity contribution in [2.24, 2.45) is 0 Å². The number of benzene rings is 1. The third-order valence-electron chi connectivity index (χ3n) is 2.11. The van der Waals surface area contributed by atoms with Crippen LogP contribution in [0.25, 0.3) is 0 Å². The molecule has 1 aromatic heterocycles. The van der Waals surface area contributed by atoms with Crippen molar-refractivity contribution >= 4 is 31.6 Å². The normalized spacial score (nSPS) is 11.6. The summed E-state index contributed by atoms with van der Waals surface area (Å²) in [5.41, 5.74) is 5.97. The number of halogens is 1. The van der Waals surface area contributed by atoms with Gasteiger partial charge in [-0.25, -0.2) is 13.1 Å². The van der Waals surface area contributed by atoms with E-state index in [0.29, 0.717) is 10.2 Å². The summed E-state index contributed by atoms with van der Waals surface area (Å²) < 4.78 is 31.3. The first-order chi connectivity index (χ1) is 8.49. The number of hydrogen-bond donors (Lipinski definition) is 2. The molecule has 1 aromatic carbocycles. The molecular formula is C9H9BrN4O3S. The lowest BCUT2D eigenvalue weighted by Crippen LogP contribution is -2.23. The second-order valence-corrected chi connectivity index (χ2v) is 5.98. The number of aromatic nitrogens is 2. The summed E-state index contributed by atoms with van der Waals surface area (Å²) in [4.78, 5) is 3.78. The number of nitrogens with one attached hydrogen (secondary N) is 1. The molecule has 2 aromatic rings. The van der Waals surface area contributed by atoms with E-state index in [9.17, 15) is 8.42 Å². The maximum atomic E-state index is 11.9. The largest absolute Gasteiger partial charge is 0.398 e. The predicted molar refractivity (Wildman–Crippen MR) is 66.9 cm³/mol. The summed E-state index contributed by atoms with van der Waals surface area (Å²) in [6, 6.07) is 4.37. The molecule has 0 amide bonds. The molecule has 0 fully saturated rings. The van der Waals surface area contributed by atoms with Crippen LogP contribution >= 0.6 is 15.9 Å². The maximum Gasteiger partial charge on any atom is 0.241 e. The Hall–Kier alpha value is -1.45. The van der Waals surface area contributed by atoms with E-state index in [4.69, 9.17) is 5.73 Å². The molecule has 2 rings (SSSR count). The van der Waals surface area contributed by atoms with Gasteiger partial charge in [-0.2, -0.15) is 4.98 Å². The first kappa shape index (κ1) is 13.0. The van der Waals surface area contributed by atoms with Crippen LogP contribution in [-0.2, 0) is 16.6 Å². The van der Waals surface area contributed by atoms with E-state index in [0.717, 1.165) is 6.39 Å². The van der Waals surface area contributed by atoms with Crippen molar-refractivity contribution in [1.29, 1.82) is 0 Å². The number of nitrogens with two attached hydrogens (primary N) is 1. The van der Waals surface area contributed by atoms with Crippen molar-refractivity contribution in [2.45, 2.75) is 11.4 Å². The van der Waals surface area contributed by atoms with E-state index in [-0.39, 0.29) is 17.3 Å². The Morgan fingerprint density at radius 3 is 2.83 bits per heavy atom. The standard InChI is InChI=1S/C9H9BrN4O3S/c10-7-2-1-6(3-8(7)11)18(15,16)13-4-9-12-5-17-14-9/h1-3,5,13H,4,11H2. The van der Waals surface area contributed by atoms with Crippen LogP contribution in [0, 0.1) is 0 Å². The minimum atomic E-state index is -3.65. The monoisotopic (exact) mass is 332 g/mol. The Balaban J connectivity index is 2.17. The molecule has 0 unspecified atom stereocenters. The highest BCUT2D eigenvalue weighted by atomic mass is 79.9. The van der Waals surface area contributed by atoms with E-state index in [1.54, 1.807) is 6.07 Å². The minimum absolute atomic E-state index is 0.0468. The summed E-state index contributed by atoms with van der Waals surface area (Å²) in [5, 5.41) is 3.50. The predicted octanol–water partition coefficient (Wildman–Crippen LogP) is 0.893. The van der Waals surface area contributed by atoms with E-state index < -0.39 is 10.0 Å². The van der Waals surface area contributed by atoms with Gasteiger partial charge in [-0.15, -0.1) is 0 Å². The third-order valence-corrected chi connectivity index (χ3v) is 4.23. The summed E-state index contributed by atoms with van der Waals surface area (Å²) in [5.74, 6) is 0.253. The first-order valence-electron chi connectivity index (χ1n) is 4.79. The van der Waals surface area contributed by atoms with Crippen LogP contribution < -0.4 is 10.5 Å². The van der Waals surface area contributed by atoms with Gasteiger partial charge in [0.2, 0.25) is 16.4 Å². The summed E-state index contributed by atoms with van der Waals surface area (Å²) in [6.45, 7) is -0.0468. The highest BCUT2D eigenvalue weighted by Crippen LogP contribution is 2.22. The third kappa shape index (κ3) is 2.86. The van der Waals surface area contributed by atoms with E-state index in [1.807, 2.05) is 0 Å². The highest BCUT2D eigenvalue weighted by molar-refractivity contribution is 9.10. The minimum Gasteiger partial charge on any atom is -0.398 e. The lowest BCUT2D eigenvalue weighted by atomic mass is 10.3. The number of anilines is 1. The maximum absolute atomic E-state index is 11.9. The van der Waals surface area contributed by atoms with Gasteiger partial charge >= 0.3 is 0 Å². The molecule has 0 radical (unpaired) electrons. The molecule has 0 spiro atoms. The molecule has 0 saturated carbocycles. The van der Waals surface area contributed by atoms with Crippen molar-refractivity contribution in [3.8, 4) is 0 Å². The zero-order valence-electron chi connectivity index (χ0n) is 9.00. The molecule has 18 heavy (non-hydrogen) atoms. The van der Waals surface area contributed by atoms with Gasteiger partial charge in [-0.3, -0.25) is 0 Å². The Morgan fingerprint density at radius 2 is 2.22 bits per heavy atom. The van der Waals surface area contributed by atoms with Crippen molar-refractivity contribution in [1.82, 2.24) is 14.9 Å². The Bertz CT molecular complexity index is 642. The molecular weight excluding hydrogens is 324 g/mol. The molecule has 0 aliphatic carbocycles. The summed E-state index contributed by atoms with van der Waals surface area (Å²) in [7, 11) is -3.65. The van der Waals surface area contributed by atoms with E-state index in [1.165, 1.54) is 12.1 Å². The van der Waals surface area contributed by atoms with Crippen molar-refractivity contribution in [3.05, 3.63) is 34.9 Å². The number of nitrogens with zero attached hydrogens (tertiary/aromatic N) is 2. The van der Waals surface area contributed by atoms with Crippen LogP contribution in [-0.4, -0.2) is 18.6 Å². The molecule has 7 nitrogen and oxygen atoms in total. The van der Waals surface area contributed by atoms with Gasteiger partial charge in [0.25, 0.3) is 0 Å². The zero-order valence-corrected chi connectivity index (χ0v) is 11.4. The summed E-state index contributed by atoms with van der Waals surface area (Å²) in [6.07, 6.45) is 1.13. The van der Waals surface area contributed by atoms with Gasteiger partial charge in [0.15, 0.2) is 5.82 Å². The number of sulfonamides is 1. The Morgan fingerprint density at radius 1 is 1.44 bits per heavy atom. The molecule has 0 aliphatic heterocycles. The Labute approximate surface area is 112 Å². The molecule has 0 aliphatic rings. The second-order valence-electron chi connectivity index (χ2n) is 3.36. The number of hydrogen-bond acceptors (Lipinski definition) is 6. The fraction of sp³-hybridized carbons (Fsp3) is 0.111. The van der Waals surface area contributed by atoms with Crippen LogP contribution in [0.3, 0.4) is 0 Å². The number of rotatable bonds is 4. The van der Waals surface area contributed by atoms with Crippen molar-refractivity contribution in [3.63, 3.8) is 0 Å². The molecule has 3 N–H and O–H groups in total. The first-order valence-corrected chi connectivity index (χ1v) is 7.06. The molecule has 0 saturated heterocycles. The molecule has 1 heterocycles.